The van der Waals surface area contributed by atoms with E-state index in [1.807, 2.05) is 36.4 Å². The number of fused-ring (bicyclic) bond motifs is 1. The highest BCUT2D eigenvalue weighted by atomic mass is 32.2. The van der Waals surface area contributed by atoms with Crippen molar-refractivity contribution in [3.05, 3.63) is 108 Å². The number of nitrogens with zero attached hydrogens (tertiary/aromatic N) is 3. The van der Waals surface area contributed by atoms with Crippen LogP contribution in [0.25, 0.3) is 22.2 Å². The van der Waals surface area contributed by atoms with Crippen molar-refractivity contribution in [2.45, 2.75) is 63.8 Å². The minimum absolute atomic E-state index is 0.120. The van der Waals surface area contributed by atoms with E-state index in [9.17, 15) is 14.7 Å². The van der Waals surface area contributed by atoms with Crippen LogP contribution in [-0.2, 0) is 24.4 Å². The van der Waals surface area contributed by atoms with Crippen molar-refractivity contribution in [3.63, 3.8) is 0 Å². The number of carboxylic acids is 1. The average molecular weight is 623 g/mol. The highest BCUT2D eigenvalue weighted by Crippen LogP contribution is 2.44. The Morgan fingerprint density at radius 2 is 1.71 bits per heavy atom. The molecular weight excluding hydrogens is 584 g/mol. The predicted octanol–water partition coefficient (Wildman–Crippen LogP) is 7.37. The third-order valence-electron chi connectivity index (χ3n) is 7.44. The van der Waals surface area contributed by atoms with Crippen molar-refractivity contribution in [1.29, 1.82) is 0 Å². The monoisotopic (exact) mass is 622 g/mol. The van der Waals surface area contributed by atoms with Gasteiger partial charge in [-0.05, 0) is 61.9 Å². The zero-order valence-corrected chi connectivity index (χ0v) is 27.0. The van der Waals surface area contributed by atoms with Crippen LogP contribution in [0, 0.1) is 5.41 Å². The molecule has 5 aromatic rings. The number of pyridine rings is 2. The van der Waals surface area contributed by atoms with E-state index in [4.69, 9.17) is 10.5 Å². The highest BCUT2D eigenvalue weighted by Gasteiger charge is 2.33. The molecule has 0 saturated heterocycles. The summed E-state index contributed by atoms with van der Waals surface area (Å²) < 4.78 is 8.28. The van der Waals surface area contributed by atoms with Gasteiger partial charge in [0.05, 0.1) is 22.4 Å². The number of carboxylic acid groups (broad SMARTS) is 1. The van der Waals surface area contributed by atoms with E-state index in [-0.39, 0.29) is 4.75 Å². The molecule has 0 aliphatic carbocycles. The number of carbonyl (C=O) groups excluding carboxylic acids is 1. The maximum Gasteiger partial charge on any atom is 0.309 e. The van der Waals surface area contributed by atoms with Crippen LogP contribution in [0.2, 0.25) is 0 Å². The minimum Gasteiger partial charge on any atom is -0.487 e. The smallest absolute Gasteiger partial charge is 0.309 e. The fourth-order valence-electron chi connectivity index (χ4n) is 5.03. The standard InChI is InChI=1S/C36H38N4O4S/c1-35(2,3)45-32-28-18-27(44-22-26-8-6-7-17-38-26)14-16-30(28)40(31(32)19-36(4,5)34(42)43)21-23-9-11-24(12-10-23)29-15-13-25(20-39-29)33(37)41/h6-18,20H,19,21-22H2,1-5H3,(H2,37,41)(H,42,43). The van der Waals surface area contributed by atoms with Crippen LogP contribution in [0.1, 0.15) is 61.9 Å². The molecule has 0 spiro atoms. The van der Waals surface area contributed by atoms with Gasteiger partial charge in [-0.1, -0.05) is 51.1 Å². The number of aliphatic carboxylic acids is 1. The van der Waals surface area contributed by atoms with Gasteiger partial charge in [-0.3, -0.25) is 19.6 Å². The lowest BCUT2D eigenvalue weighted by Gasteiger charge is -2.24. The summed E-state index contributed by atoms with van der Waals surface area (Å²) in [6, 6.07) is 23.4. The van der Waals surface area contributed by atoms with Crippen molar-refractivity contribution < 1.29 is 19.4 Å². The minimum atomic E-state index is -0.982. The quantitative estimate of drug-likeness (QED) is 0.148. The molecule has 45 heavy (non-hydrogen) atoms. The molecule has 0 unspecified atom stereocenters. The molecule has 3 heterocycles. The number of thioether (sulfide) groups is 1. The first-order valence-electron chi connectivity index (χ1n) is 14.8. The van der Waals surface area contributed by atoms with Crippen LogP contribution in [0.5, 0.6) is 5.75 Å². The first-order chi connectivity index (χ1) is 21.3. The molecular formula is C36H38N4O4S. The fourth-order valence-corrected chi connectivity index (χ4v) is 6.22. The van der Waals surface area contributed by atoms with E-state index in [1.54, 1.807) is 43.9 Å². The summed E-state index contributed by atoms with van der Waals surface area (Å²) in [5.41, 5.74) is 10.3. The second kappa shape index (κ2) is 12.8. The Kier molecular flexibility index (Phi) is 9.02. The molecule has 0 fully saturated rings. The van der Waals surface area contributed by atoms with Gasteiger partial charge in [0.1, 0.15) is 12.4 Å². The number of hydrogen-bond donors (Lipinski definition) is 2. The first kappa shape index (κ1) is 31.8. The summed E-state index contributed by atoms with van der Waals surface area (Å²) >= 11 is 1.74. The maximum absolute atomic E-state index is 12.3. The zero-order valence-electron chi connectivity index (χ0n) is 26.2. The van der Waals surface area contributed by atoms with Gasteiger partial charge in [-0.25, -0.2) is 0 Å². The summed E-state index contributed by atoms with van der Waals surface area (Å²) in [4.78, 5) is 33.6. The number of amides is 1. The number of rotatable bonds is 11. The largest absolute Gasteiger partial charge is 0.487 e. The molecule has 232 valence electrons. The predicted molar refractivity (Wildman–Crippen MR) is 179 cm³/mol. The van der Waals surface area contributed by atoms with E-state index in [1.165, 1.54) is 6.20 Å². The van der Waals surface area contributed by atoms with Crippen molar-refractivity contribution in [3.8, 4) is 17.0 Å². The van der Waals surface area contributed by atoms with Crippen LogP contribution < -0.4 is 10.5 Å². The molecule has 0 radical (unpaired) electrons. The summed E-state index contributed by atoms with van der Waals surface area (Å²) in [5.74, 6) is -0.630. The van der Waals surface area contributed by atoms with E-state index >= 15 is 0 Å². The molecule has 0 saturated carbocycles. The second-order valence-corrected chi connectivity index (χ2v) is 14.6. The number of primary amides is 1. The Labute approximate surface area is 267 Å². The molecule has 8 nitrogen and oxygen atoms in total. The van der Waals surface area contributed by atoms with Gasteiger partial charge in [0.15, 0.2) is 0 Å². The molecule has 0 bridgehead atoms. The van der Waals surface area contributed by atoms with Crippen LogP contribution in [0.4, 0.5) is 0 Å². The van der Waals surface area contributed by atoms with E-state index in [0.29, 0.717) is 25.1 Å². The Morgan fingerprint density at radius 1 is 0.956 bits per heavy atom. The van der Waals surface area contributed by atoms with Crippen LogP contribution in [0.15, 0.2) is 90.1 Å². The molecule has 3 N–H and O–H groups in total. The third kappa shape index (κ3) is 7.54. The lowest BCUT2D eigenvalue weighted by atomic mass is 9.88. The number of aromatic nitrogens is 3. The summed E-state index contributed by atoms with van der Waals surface area (Å²) in [6.07, 6.45) is 3.59. The van der Waals surface area contributed by atoms with Gasteiger partial charge < -0.3 is 20.1 Å². The maximum atomic E-state index is 12.3. The van der Waals surface area contributed by atoms with Crippen LogP contribution in [0.3, 0.4) is 0 Å². The normalized spacial score (nSPS) is 11.9. The zero-order chi connectivity index (χ0) is 32.4. The van der Waals surface area contributed by atoms with E-state index < -0.39 is 17.3 Å². The van der Waals surface area contributed by atoms with Gasteiger partial charge >= 0.3 is 5.97 Å². The molecule has 2 aromatic carbocycles. The number of ether oxygens (including phenoxy) is 1. The number of hydrogen-bond acceptors (Lipinski definition) is 6. The number of nitrogens with two attached hydrogens (primary N) is 1. The number of benzene rings is 2. The van der Waals surface area contributed by atoms with Crippen molar-refractivity contribution in [1.82, 2.24) is 14.5 Å². The molecule has 0 aliphatic rings. The van der Waals surface area contributed by atoms with Gasteiger partial charge in [0, 0.05) is 57.2 Å². The van der Waals surface area contributed by atoms with Gasteiger partial charge in [-0.2, -0.15) is 0 Å². The molecule has 0 aliphatic heterocycles. The molecule has 5 rings (SSSR count). The topological polar surface area (TPSA) is 120 Å². The van der Waals surface area contributed by atoms with Gasteiger partial charge in [0.2, 0.25) is 5.91 Å². The SMILES string of the molecule is CC(C)(C)Sc1c(CC(C)(C)C(=O)O)n(Cc2ccc(-c3ccc(C(N)=O)cn3)cc2)c2ccc(OCc3ccccn3)cc12. The van der Waals surface area contributed by atoms with Crippen molar-refractivity contribution >= 4 is 34.5 Å². The molecule has 0 atom stereocenters. The van der Waals surface area contributed by atoms with Crippen LogP contribution >= 0.6 is 11.8 Å². The second-order valence-electron chi connectivity index (χ2n) is 12.7. The molecule has 1 amide bonds. The number of carbonyl (C=O) groups is 2. The van der Waals surface area contributed by atoms with E-state index in [0.717, 1.165) is 49.8 Å². The summed E-state index contributed by atoms with van der Waals surface area (Å²) in [5, 5.41) is 11.1. The Hall–Kier alpha value is -4.63. The summed E-state index contributed by atoms with van der Waals surface area (Å²) in [7, 11) is 0. The highest BCUT2D eigenvalue weighted by molar-refractivity contribution is 8.00. The summed E-state index contributed by atoms with van der Waals surface area (Å²) in [6.45, 7) is 10.9. The Bertz CT molecular complexity index is 1820. The fraction of sp³-hybridized carbons (Fsp3) is 0.278. The Morgan fingerprint density at radius 3 is 2.31 bits per heavy atom. The lowest BCUT2D eigenvalue weighted by Crippen LogP contribution is -2.28. The first-order valence-corrected chi connectivity index (χ1v) is 15.6. The van der Waals surface area contributed by atoms with Crippen molar-refractivity contribution in [2.24, 2.45) is 11.1 Å². The lowest BCUT2D eigenvalue weighted by molar-refractivity contribution is -0.146. The van der Waals surface area contributed by atoms with Crippen molar-refractivity contribution in [2.75, 3.05) is 0 Å². The van der Waals surface area contributed by atoms with Gasteiger partial charge in [-0.15, -0.1) is 11.8 Å². The molecule has 9 heteroatoms. The van der Waals surface area contributed by atoms with Crippen LogP contribution in [-0.4, -0.2) is 36.3 Å². The van der Waals surface area contributed by atoms with E-state index in [2.05, 4.69) is 59.6 Å². The Balaban J connectivity index is 1.56. The van der Waals surface area contributed by atoms with Gasteiger partial charge in [0.25, 0.3) is 0 Å². The third-order valence-corrected chi connectivity index (χ3v) is 8.71. The molecule has 3 aromatic heterocycles. The average Bonchev–Trinajstić information content (AvgIpc) is 3.26.